The van der Waals surface area contributed by atoms with Crippen molar-refractivity contribution in [1.82, 2.24) is 10.2 Å². The molecule has 8 heteroatoms. The van der Waals surface area contributed by atoms with Crippen LogP contribution in [0.15, 0.2) is 42.5 Å². The van der Waals surface area contributed by atoms with E-state index >= 15 is 0 Å². The second-order valence-electron chi connectivity index (χ2n) is 9.32. The number of ether oxygens (including phenoxy) is 2. The van der Waals surface area contributed by atoms with Crippen LogP contribution in [0, 0.1) is 0 Å². The maximum atomic E-state index is 12.9. The molecule has 2 aromatic rings. The predicted molar refractivity (Wildman–Crippen MR) is 138 cm³/mol. The van der Waals surface area contributed by atoms with E-state index in [-0.39, 0.29) is 30.8 Å². The second-order valence-corrected chi connectivity index (χ2v) is 9.32. The van der Waals surface area contributed by atoms with E-state index < -0.39 is 6.04 Å². The van der Waals surface area contributed by atoms with E-state index in [0.717, 1.165) is 31.6 Å². The number of rotatable bonds is 10. The molecule has 2 heterocycles. The van der Waals surface area contributed by atoms with Crippen LogP contribution >= 0.6 is 0 Å². The van der Waals surface area contributed by atoms with E-state index in [1.54, 1.807) is 25.1 Å². The number of benzene rings is 2. The summed E-state index contributed by atoms with van der Waals surface area (Å²) in [5.41, 5.74) is 1.94. The lowest BCUT2D eigenvalue weighted by Gasteiger charge is -2.34. The van der Waals surface area contributed by atoms with Gasteiger partial charge in [-0.2, -0.15) is 0 Å². The molecule has 36 heavy (non-hydrogen) atoms. The van der Waals surface area contributed by atoms with Crippen LogP contribution in [0.1, 0.15) is 49.0 Å². The van der Waals surface area contributed by atoms with Gasteiger partial charge in [0.2, 0.25) is 5.91 Å². The quantitative estimate of drug-likeness (QED) is 0.512. The van der Waals surface area contributed by atoms with E-state index in [4.69, 9.17) is 9.47 Å². The Bertz CT molecular complexity index is 1100. The van der Waals surface area contributed by atoms with Gasteiger partial charge in [0, 0.05) is 18.7 Å². The molecule has 2 amide bonds. The summed E-state index contributed by atoms with van der Waals surface area (Å²) in [6, 6.07) is 11.8. The number of Topliss-reactive ketones (excluding diaryl/α,β-unsaturated/α-hetero) is 1. The first-order valence-corrected chi connectivity index (χ1v) is 12.8. The molecule has 0 aliphatic carbocycles. The Morgan fingerprint density at radius 2 is 1.92 bits per heavy atom. The van der Waals surface area contributed by atoms with Crippen molar-refractivity contribution in [3.63, 3.8) is 0 Å². The summed E-state index contributed by atoms with van der Waals surface area (Å²) in [5.74, 6) is 0.324. The number of hydrogen-bond acceptors (Lipinski definition) is 6. The maximum Gasteiger partial charge on any atom is 0.265 e. The molecule has 1 unspecified atom stereocenters. The molecule has 1 N–H and O–H groups in total. The van der Waals surface area contributed by atoms with Crippen LogP contribution < -0.4 is 19.7 Å². The molecule has 2 aromatic carbocycles. The number of likely N-dealkylation sites (tertiary alicyclic amines) is 1. The highest BCUT2D eigenvalue weighted by Crippen LogP contribution is 2.34. The van der Waals surface area contributed by atoms with E-state index in [0.29, 0.717) is 29.3 Å². The van der Waals surface area contributed by atoms with Crippen LogP contribution in [-0.2, 0) is 16.0 Å². The van der Waals surface area contributed by atoms with Crippen molar-refractivity contribution in [2.45, 2.75) is 45.6 Å². The fourth-order valence-corrected chi connectivity index (χ4v) is 4.64. The van der Waals surface area contributed by atoms with Gasteiger partial charge in [-0.05, 0) is 75.2 Å². The lowest BCUT2D eigenvalue weighted by Crippen LogP contribution is -2.52. The molecule has 1 saturated heterocycles. The minimum Gasteiger partial charge on any atom is -0.485 e. The van der Waals surface area contributed by atoms with E-state index in [2.05, 4.69) is 17.1 Å². The number of anilines is 1. The van der Waals surface area contributed by atoms with Gasteiger partial charge in [0.05, 0.1) is 5.69 Å². The minimum atomic E-state index is -0.736. The normalized spacial score (nSPS) is 16.6. The summed E-state index contributed by atoms with van der Waals surface area (Å²) in [6.07, 6.45) is 4.53. The minimum absolute atomic E-state index is 0.132. The van der Waals surface area contributed by atoms with Crippen LogP contribution in [0.2, 0.25) is 0 Å². The van der Waals surface area contributed by atoms with E-state index in [1.807, 2.05) is 24.3 Å². The molecule has 4 rings (SSSR count). The number of ketones is 1. The number of nitrogens with one attached hydrogen (secondary N) is 1. The molecule has 1 fully saturated rings. The summed E-state index contributed by atoms with van der Waals surface area (Å²) < 4.78 is 11.3. The Balaban J connectivity index is 1.41. The van der Waals surface area contributed by atoms with Crippen LogP contribution in [0.3, 0.4) is 0 Å². The predicted octanol–water partition coefficient (Wildman–Crippen LogP) is 3.23. The molecule has 2 aliphatic heterocycles. The van der Waals surface area contributed by atoms with E-state index in [1.165, 1.54) is 24.2 Å². The second kappa shape index (κ2) is 12.0. The third kappa shape index (κ3) is 6.23. The summed E-state index contributed by atoms with van der Waals surface area (Å²) in [7, 11) is 0. The van der Waals surface area contributed by atoms with Crippen LogP contribution in [0.4, 0.5) is 5.69 Å². The van der Waals surface area contributed by atoms with Gasteiger partial charge in [-0.15, -0.1) is 0 Å². The molecule has 0 radical (unpaired) electrons. The molecule has 0 spiro atoms. The first kappa shape index (κ1) is 25.7. The monoisotopic (exact) mass is 493 g/mol. The molecular formula is C28H35N3O5. The number of hydrogen-bond donors (Lipinski definition) is 1. The standard InChI is InChI=1S/C28H35N3O5/c1-3-21-8-7-9-23(16-21)35-18-25(32)22-10-11-26-24(17-22)31(27(33)19-36-26)20(2)28(34)29-12-15-30-13-5-4-6-14-30/h7-11,16-17,20H,3-6,12-15,18-19H2,1-2H3,(H,29,34). The Hall–Kier alpha value is -3.39. The van der Waals surface area contributed by atoms with Gasteiger partial charge in [-0.1, -0.05) is 25.5 Å². The number of piperidine rings is 1. The maximum absolute atomic E-state index is 12.9. The number of aryl methyl sites for hydroxylation is 1. The van der Waals surface area contributed by atoms with Gasteiger partial charge >= 0.3 is 0 Å². The Kier molecular flexibility index (Phi) is 8.59. The van der Waals surface area contributed by atoms with Crippen LogP contribution in [-0.4, -0.2) is 67.9 Å². The van der Waals surface area contributed by atoms with Gasteiger partial charge in [0.25, 0.3) is 5.91 Å². The van der Waals surface area contributed by atoms with Gasteiger partial charge in [-0.3, -0.25) is 19.3 Å². The summed E-state index contributed by atoms with van der Waals surface area (Å²) in [4.78, 5) is 42.4. The Labute approximate surface area is 212 Å². The van der Waals surface area contributed by atoms with Crippen molar-refractivity contribution in [2.24, 2.45) is 0 Å². The number of carbonyl (C=O) groups is 3. The summed E-state index contributed by atoms with van der Waals surface area (Å²) >= 11 is 0. The van der Waals surface area contributed by atoms with Gasteiger partial charge in [0.1, 0.15) is 17.5 Å². The number of fused-ring (bicyclic) bond motifs is 1. The fourth-order valence-electron chi connectivity index (χ4n) is 4.64. The van der Waals surface area contributed by atoms with Gasteiger partial charge in [-0.25, -0.2) is 0 Å². The van der Waals surface area contributed by atoms with Crippen molar-refractivity contribution in [2.75, 3.05) is 44.3 Å². The highest BCUT2D eigenvalue weighted by Gasteiger charge is 2.33. The molecule has 2 aliphatic rings. The zero-order valence-corrected chi connectivity index (χ0v) is 21.1. The average molecular weight is 494 g/mol. The van der Waals surface area contributed by atoms with Crippen molar-refractivity contribution >= 4 is 23.3 Å². The third-order valence-electron chi connectivity index (χ3n) is 6.78. The zero-order chi connectivity index (χ0) is 25.5. The smallest absolute Gasteiger partial charge is 0.265 e. The van der Waals surface area contributed by atoms with Crippen LogP contribution in [0.25, 0.3) is 0 Å². The molecule has 8 nitrogen and oxygen atoms in total. The SMILES string of the molecule is CCc1cccc(OCC(=O)c2ccc3c(c2)N(C(C)C(=O)NCCN2CCCCC2)C(=O)CO3)c1. The van der Waals surface area contributed by atoms with Gasteiger partial charge in [0.15, 0.2) is 19.0 Å². The average Bonchev–Trinajstić information content (AvgIpc) is 2.91. The first-order valence-electron chi connectivity index (χ1n) is 12.8. The van der Waals surface area contributed by atoms with Crippen LogP contribution in [0.5, 0.6) is 11.5 Å². The van der Waals surface area contributed by atoms with Gasteiger partial charge < -0.3 is 19.7 Å². The number of amides is 2. The molecule has 0 saturated carbocycles. The first-order chi connectivity index (χ1) is 17.5. The molecule has 0 bridgehead atoms. The number of carbonyl (C=O) groups excluding carboxylic acids is 3. The third-order valence-corrected chi connectivity index (χ3v) is 6.78. The van der Waals surface area contributed by atoms with Crippen molar-refractivity contribution in [3.05, 3.63) is 53.6 Å². The summed E-state index contributed by atoms with van der Waals surface area (Å²) in [5, 5.41) is 2.96. The highest BCUT2D eigenvalue weighted by molar-refractivity contribution is 6.05. The molecule has 1 atom stereocenters. The molecule has 192 valence electrons. The lowest BCUT2D eigenvalue weighted by molar-refractivity contribution is -0.127. The van der Waals surface area contributed by atoms with Crippen molar-refractivity contribution in [1.29, 1.82) is 0 Å². The fraction of sp³-hybridized carbons (Fsp3) is 0.464. The zero-order valence-electron chi connectivity index (χ0n) is 21.1. The van der Waals surface area contributed by atoms with Crippen molar-refractivity contribution in [3.8, 4) is 11.5 Å². The van der Waals surface area contributed by atoms with Crippen molar-refractivity contribution < 1.29 is 23.9 Å². The molecular weight excluding hydrogens is 458 g/mol. The lowest BCUT2D eigenvalue weighted by atomic mass is 10.1. The largest absolute Gasteiger partial charge is 0.485 e. The Morgan fingerprint density at radius 3 is 2.69 bits per heavy atom. The Morgan fingerprint density at radius 1 is 1.11 bits per heavy atom. The topological polar surface area (TPSA) is 88.2 Å². The number of nitrogens with zero attached hydrogens (tertiary/aromatic N) is 2. The summed E-state index contributed by atoms with van der Waals surface area (Å²) in [6.45, 7) is 6.92. The highest BCUT2D eigenvalue weighted by atomic mass is 16.5. The molecule has 0 aromatic heterocycles. The van der Waals surface area contributed by atoms with E-state index in [9.17, 15) is 14.4 Å².